The van der Waals surface area contributed by atoms with Gasteiger partial charge in [0.25, 0.3) is 0 Å². The molecule has 0 fully saturated rings. The van der Waals surface area contributed by atoms with E-state index in [9.17, 15) is 16.4 Å². The van der Waals surface area contributed by atoms with Crippen LogP contribution in [0.5, 0.6) is 0 Å². The van der Waals surface area contributed by atoms with E-state index in [2.05, 4.69) is 0 Å². The second kappa shape index (κ2) is 10.7. The molecule has 10 aromatic rings. The van der Waals surface area contributed by atoms with Gasteiger partial charge < -0.3 is 0 Å². The minimum Gasteiger partial charge on any atom is -0.0616 e. The third kappa shape index (κ3) is 4.16. The maximum Gasteiger partial charge on any atom is 0.0636 e. The maximum absolute atomic E-state index is 9.69. The van der Waals surface area contributed by atoms with Crippen LogP contribution in [0.25, 0.3) is 98.4 Å². The highest BCUT2D eigenvalue weighted by atomic mass is 14.2. The summed E-state index contributed by atoms with van der Waals surface area (Å²) >= 11 is 0. The first-order valence-electron chi connectivity index (χ1n) is 29.2. The number of hydrogen-bond acceptors (Lipinski definition) is 0. The summed E-state index contributed by atoms with van der Waals surface area (Å²) in [4.78, 5) is 0. The Balaban J connectivity index is 1.38. The van der Waals surface area contributed by atoms with Gasteiger partial charge in [0.2, 0.25) is 0 Å². The van der Waals surface area contributed by atoms with Gasteiger partial charge in [-0.05, 0) is 104 Å². The van der Waals surface area contributed by atoms with E-state index in [0.717, 1.165) is 0 Å². The smallest absolute Gasteiger partial charge is 0.0616 e. The van der Waals surface area contributed by atoms with E-state index in [-0.39, 0.29) is 0 Å². The summed E-state index contributed by atoms with van der Waals surface area (Å²) in [5, 5.41) is -5.83. The zero-order valence-corrected chi connectivity index (χ0v) is 24.0. The normalized spacial score (nSPS) is 20.5. The highest BCUT2D eigenvalue weighted by molar-refractivity contribution is 6.27. The molecule has 0 aromatic heterocycles. The van der Waals surface area contributed by atoms with Crippen molar-refractivity contribution >= 4 is 53.9 Å². The Morgan fingerprint density at radius 3 is 1.19 bits per heavy atom. The molecule has 0 aliphatic rings. The van der Waals surface area contributed by atoms with Crippen LogP contribution in [0.4, 0.5) is 0 Å². The van der Waals surface area contributed by atoms with Crippen molar-refractivity contribution in [1.82, 2.24) is 0 Å². The summed E-state index contributed by atoms with van der Waals surface area (Å²) in [6.07, 6.45) is 0. The van der Waals surface area contributed by atoms with Crippen LogP contribution >= 0.6 is 0 Å². The van der Waals surface area contributed by atoms with Crippen LogP contribution in [0.15, 0.2) is 181 Å². The van der Waals surface area contributed by atoms with Crippen molar-refractivity contribution in [2.75, 3.05) is 0 Å². The molecule has 0 N–H and O–H groups in total. The van der Waals surface area contributed by atoms with Crippen molar-refractivity contribution in [3.8, 4) is 44.5 Å². The summed E-state index contributed by atoms with van der Waals surface area (Å²) in [7, 11) is 0. The molecule has 0 heteroatoms. The Morgan fingerprint density at radius 2 is 0.646 bits per heavy atom. The topological polar surface area (TPSA) is 0 Å². The van der Waals surface area contributed by atoms with Gasteiger partial charge in [-0.15, -0.1) is 0 Å². The minimum atomic E-state index is -1.05. The van der Waals surface area contributed by atoms with Crippen LogP contribution in [0.2, 0.25) is 0 Å². The molecule has 0 aliphatic heterocycles. The number of benzene rings is 10. The lowest BCUT2D eigenvalue weighted by Gasteiger charge is -2.17. The first-order chi connectivity index (χ1) is 36.3. The zero-order chi connectivity index (χ0) is 57.7. The zero-order valence-electron chi connectivity index (χ0n) is 54.0. The first-order valence-corrected chi connectivity index (χ1v) is 14.2. The van der Waals surface area contributed by atoms with Crippen molar-refractivity contribution in [2.24, 2.45) is 0 Å². The Hall–Kier alpha value is -6.24. The second-order valence-corrected chi connectivity index (χ2v) is 10.5. The third-order valence-corrected chi connectivity index (χ3v) is 7.88. The van der Waals surface area contributed by atoms with Crippen molar-refractivity contribution in [3.63, 3.8) is 0 Å². The molecule has 10 aromatic carbocycles. The van der Waals surface area contributed by atoms with Gasteiger partial charge in [0.15, 0.2) is 0 Å². The van der Waals surface area contributed by atoms with Gasteiger partial charge >= 0.3 is 0 Å². The molecule has 10 rings (SSSR count). The lowest BCUT2D eigenvalue weighted by Crippen LogP contribution is -1.90. The van der Waals surface area contributed by atoms with E-state index in [1.807, 2.05) is 0 Å². The Kier molecular flexibility index (Phi) is 2.36. The van der Waals surface area contributed by atoms with Crippen LogP contribution in [0.1, 0.15) is 41.1 Å². The minimum absolute atomic E-state index is 0.490. The molecule has 0 bridgehead atoms. The fourth-order valence-electron chi connectivity index (χ4n) is 5.72. The average Bonchev–Trinajstić information content (AvgIpc) is 3.58. The molecule has 222 valence electrons. The summed E-state index contributed by atoms with van der Waals surface area (Å²) < 4.78 is 270. The monoisotopic (exact) mass is 636 g/mol. The molecule has 0 aliphatic carbocycles. The van der Waals surface area contributed by atoms with Crippen molar-refractivity contribution in [3.05, 3.63) is 181 Å². The van der Waals surface area contributed by atoms with Gasteiger partial charge in [-0.2, -0.15) is 0 Å². The Labute approximate surface area is 321 Å². The predicted octanol–water partition coefficient (Wildman–Crippen LogP) is 13.6. The summed E-state index contributed by atoms with van der Waals surface area (Å²) in [6.45, 7) is 0. The standard InChI is InChI=1S/C48H30/c1-3-14-39-31(8-1)10-6-16-41(39)33-18-20-34(21-19-33)43-26-24-35-22-23-36-25-27-44(46-29-28-45(43)47(35)48(36)46)38-13-5-12-37(30-38)42-17-7-11-32-9-2-4-15-40(32)42/h1-30H/i1D,2D,3D,4D,5D,6D,7D,8D,9D,10D,11D,12D,13D,14D,15D,16D,17D,18D,19D,20D,21D,22D,23D,24D,25D,26D,27D,28D,29D,30D. The fourth-order valence-corrected chi connectivity index (χ4v) is 5.72. The number of rotatable bonds is 4. The molecule has 0 spiro atoms. The highest BCUT2D eigenvalue weighted by Crippen LogP contribution is 2.43. The van der Waals surface area contributed by atoms with Crippen molar-refractivity contribution < 1.29 is 41.1 Å². The SMILES string of the molecule is [2H]c1c([2H])c(-c2c([2H])c([2H])c([2H])c3c([2H])c([2H])c([2H])c([2H])c23)c([2H])c(-c2c([2H])c([2H])c3c([2H])c([2H])c4c([2H])c([2H])c(-c5c([2H])c([2H])c(-c6c([2H])c([2H])c([2H])c7c([2H])c([2H])c([2H])c([2H])c67)c([2H])c5[2H])c5c([2H])c([2H])c2c3c45)c1[2H]. The van der Waals surface area contributed by atoms with Crippen LogP contribution < -0.4 is 0 Å². The quantitative estimate of drug-likeness (QED) is 0.169. The van der Waals surface area contributed by atoms with Gasteiger partial charge in [0.05, 0.1) is 41.1 Å². The molecule has 0 heterocycles. The van der Waals surface area contributed by atoms with Crippen molar-refractivity contribution in [2.45, 2.75) is 0 Å². The lowest BCUT2D eigenvalue weighted by molar-refractivity contribution is 1.62. The van der Waals surface area contributed by atoms with E-state index >= 15 is 0 Å². The van der Waals surface area contributed by atoms with Gasteiger partial charge in [0.1, 0.15) is 0 Å². The molecule has 0 unspecified atom stereocenters. The summed E-state index contributed by atoms with van der Waals surface area (Å²) in [5.41, 5.74) is -6.20. The van der Waals surface area contributed by atoms with Crippen LogP contribution in [0, 0.1) is 0 Å². The maximum atomic E-state index is 9.69. The number of fused-ring (bicyclic) bond motifs is 2. The van der Waals surface area contributed by atoms with Crippen LogP contribution in [-0.2, 0) is 0 Å². The first kappa shape index (κ1) is 10.6. The van der Waals surface area contributed by atoms with E-state index in [4.69, 9.17) is 24.7 Å². The largest absolute Gasteiger partial charge is 0.0636 e. The lowest BCUT2D eigenvalue weighted by atomic mass is 9.86. The van der Waals surface area contributed by atoms with E-state index in [1.165, 1.54) is 0 Å². The Bertz CT molecular complexity index is 4500. The van der Waals surface area contributed by atoms with Gasteiger partial charge in [-0.3, -0.25) is 0 Å². The van der Waals surface area contributed by atoms with Crippen molar-refractivity contribution in [1.29, 1.82) is 0 Å². The third-order valence-electron chi connectivity index (χ3n) is 7.88. The van der Waals surface area contributed by atoms with Gasteiger partial charge in [0, 0.05) is 0 Å². The van der Waals surface area contributed by atoms with Gasteiger partial charge in [-0.25, -0.2) is 0 Å². The van der Waals surface area contributed by atoms with Crippen LogP contribution in [-0.4, -0.2) is 0 Å². The fraction of sp³-hybridized carbons (Fsp3) is 0. The molecule has 0 radical (unpaired) electrons. The second-order valence-electron chi connectivity index (χ2n) is 10.5. The molecule has 48 heavy (non-hydrogen) atoms. The molecular weight excluding hydrogens is 577 g/mol. The Morgan fingerprint density at radius 1 is 0.250 bits per heavy atom. The van der Waals surface area contributed by atoms with E-state index in [1.54, 1.807) is 0 Å². The van der Waals surface area contributed by atoms with Crippen LogP contribution in [0.3, 0.4) is 0 Å². The molecule has 0 nitrogen and oxygen atoms in total. The summed E-state index contributed by atoms with van der Waals surface area (Å²) in [6, 6.07) is -27.8. The highest BCUT2D eigenvalue weighted by Gasteiger charge is 2.16. The molecule has 0 atom stereocenters. The molecule has 0 saturated carbocycles. The van der Waals surface area contributed by atoms with Gasteiger partial charge in [-0.1, -0.05) is 175 Å². The summed E-state index contributed by atoms with van der Waals surface area (Å²) in [5.74, 6) is 0. The van der Waals surface area contributed by atoms with E-state index in [0.29, 0.717) is 0 Å². The molecular formula is C48H30. The molecule has 0 amide bonds. The molecule has 0 saturated heterocycles. The predicted molar refractivity (Wildman–Crippen MR) is 207 cm³/mol. The van der Waals surface area contributed by atoms with E-state index < -0.39 is 280 Å². The average molecular weight is 637 g/mol. The number of hydrogen-bond donors (Lipinski definition) is 0.